The van der Waals surface area contributed by atoms with Crippen molar-refractivity contribution in [2.75, 3.05) is 6.61 Å². The van der Waals surface area contributed by atoms with Gasteiger partial charge in [0.1, 0.15) is 11.8 Å². The molecule has 1 fully saturated rings. The van der Waals surface area contributed by atoms with Gasteiger partial charge >= 0.3 is 0 Å². The van der Waals surface area contributed by atoms with Crippen molar-refractivity contribution in [3.05, 3.63) is 60.4 Å². The van der Waals surface area contributed by atoms with Crippen molar-refractivity contribution in [1.29, 1.82) is 0 Å². The zero-order chi connectivity index (χ0) is 17.2. The number of rotatable bonds is 3. The normalized spacial score (nSPS) is 20.5. The quantitative estimate of drug-likeness (QED) is 0.798. The van der Waals surface area contributed by atoms with Gasteiger partial charge in [0.2, 0.25) is 0 Å². The SMILES string of the molecule is Cn1cncc1[C@H]1C[C@@H](NC(=O)c2nccc3ccccc23)CCO1. The first-order valence-corrected chi connectivity index (χ1v) is 8.45. The number of carbonyl (C=O) groups is 1. The molecule has 0 bridgehead atoms. The summed E-state index contributed by atoms with van der Waals surface area (Å²) >= 11 is 0. The number of amides is 1. The second-order valence-electron chi connectivity index (χ2n) is 6.36. The van der Waals surface area contributed by atoms with Gasteiger partial charge in [0.05, 0.1) is 18.2 Å². The number of benzene rings is 1. The van der Waals surface area contributed by atoms with Crippen LogP contribution in [0.15, 0.2) is 49.1 Å². The Labute approximate surface area is 145 Å². The molecule has 0 saturated carbocycles. The van der Waals surface area contributed by atoms with Gasteiger partial charge in [-0.2, -0.15) is 0 Å². The number of fused-ring (bicyclic) bond motifs is 1. The fourth-order valence-corrected chi connectivity index (χ4v) is 3.37. The lowest BCUT2D eigenvalue weighted by Gasteiger charge is -2.30. The van der Waals surface area contributed by atoms with Crippen molar-refractivity contribution in [1.82, 2.24) is 19.9 Å². The Hall–Kier alpha value is -2.73. The highest BCUT2D eigenvalue weighted by Crippen LogP contribution is 2.28. The highest BCUT2D eigenvalue weighted by molar-refractivity contribution is 6.05. The molecule has 1 saturated heterocycles. The van der Waals surface area contributed by atoms with E-state index in [4.69, 9.17) is 4.74 Å². The summed E-state index contributed by atoms with van der Waals surface area (Å²) in [5.41, 5.74) is 1.50. The third-order valence-electron chi connectivity index (χ3n) is 4.69. The van der Waals surface area contributed by atoms with Crippen molar-refractivity contribution in [2.45, 2.75) is 25.0 Å². The van der Waals surface area contributed by atoms with Gasteiger partial charge < -0.3 is 14.6 Å². The van der Waals surface area contributed by atoms with Crippen molar-refractivity contribution >= 4 is 16.7 Å². The average molecular weight is 336 g/mol. The number of nitrogens with zero attached hydrogens (tertiary/aromatic N) is 3. The van der Waals surface area contributed by atoms with Crippen LogP contribution in [0.5, 0.6) is 0 Å². The monoisotopic (exact) mass is 336 g/mol. The Balaban J connectivity index is 1.51. The van der Waals surface area contributed by atoms with Crippen LogP contribution in [0.4, 0.5) is 0 Å². The molecule has 2 aromatic heterocycles. The summed E-state index contributed by atoms with van der Waals surface area (Å²) in [7, 11) is 1.95. The molecule has 1 aromatic carbocycles. The average Bonchev–Trinajstić information content (AvgIpc) is 3.07. The minimum atomic E-state index is -0.132. The summed E-state index contributed by atoms with van der Waals surface area (Å²) in [5, 5.41) is 5.02. The van der Waals surface area contributed by atoms with Gasteiger partial charge in [-0.1, -0.05) is 24.3 Å². The molecule has 2 atom stereocenters. The Morgan fingerprint density at radius 2 is 2.20 bits per heavy atom. The lowest BCUT2D eigenvalue weighted by Crippen LogP contribution is -2.40. The Bertz CT molecular complexity index is 900. The molecular weight excluding hydrogens is 316 g/mol. The zero-order valence-electron chi connectivity index (χ0n) is 14.1. The second-order valence-corrected chi connectivity index (χ2v) is 6.36. The predicted octanol–water partition coefficient (Wildman–Crippen LogP) is 2.62. The molecule has 4 rings (SSSR count). The number of carbonyl (C=O) groups excluding carboxylic acids is 1. The lowest BCUT2D eigenvalue weighted by molar-refractivity contribution is -0.00303. The van der Waals surface area contributed by atoms with E-state index in [-0.39, 0.29) is 18.1 Å². The number of imidazole rings is 1. The Morgan fingerprint density at radius 3 is 3.04 bits per heavy atom. The van der Waals surface area contributed by atoms with E-state index < -0.39 is 0 Å². The lowest BCUT2D eigenvalue weighted by atomic mass is 10.0. The van der Waals surface area contributed by atoms with Crippen LogP contribution in [0.25, 0.3) is 10.8 Å². The maximum Gasteiger partial charge on any atom is 0.270 e. The molecule has 128 valence electrons. The highest BCUT2D eigenvalue weighted by Gasteiger charge is 2.27. The van der Waals surface area contributed by atoms with Crippen LogP contribution in [-0.2, 0) is 11.8 Å². The molecule has 3 aromatic rings. The predicted molar refractivity (Wildman–Crippen MR) is 94.1 cm³/mol. The molecule has 1 amide bonds. The van der Waals surface area contributed by atoms with E-state index in [9.17, 15) is 4.79 Å². The van der Waals surface area contributed by atoms with Crippen LogP contribution in [0, 0.1) is 0 Å². The molecule has 25 heavy (non-hydrogen) atoms. The number of aromatic nitrogens is 3. The largest absolute Gasteiger partial charge is 0.372 e. The second kappa shape index (κ2) is 6.64. The van der Waals surface area contributed by atoms with E-state index in [1.54, 1.807) is 12.5 Å². The van der Waals surface area contributed by atoms with Gasteiger partial charge in [-0.3, -0.25) is 9.78 Å². The smallest absolute Gasteiger partial charge is 0.270 e. The number of nitrogens with one attached hydrogen (secondary N) is 1. The summed E-state index contributed by atoms with van der Waals surface area (Å²) < 4.78 is 7.82. The Morgan fingerprint density at radius 1 is 1.32 bits per heavy atom. The third kappa shape index (κ3) is 3.13. The molecule has 1 aliphatic heterocycles. The van der Waals surface area contributed by atoms with Gasteiger partial charge in [0, 0.05) is 31.3 Å². The molecule has 0 spiro atoms. The number of pyridine rings is 1. The van der Waals surface area contributed by atoms with Crippen LogP contribution in [0.3, 0.4) is 0 Å². The van der Waals surface area contributed by atoms with E-state index in [1.807, 2.05) is 48.1 Å². The van der Waals surface area contributed by atoms with Crippen molar-refractivity contribution in [3.63, 3.8) is 0 Å². The number of aryl methyl sites for hydroxylation is 1. The summed E-state index contributed by atoms with van der Waals surface area (Å²) in [4.78, 5) is 21.2. The highest BCUT2D eigenvalue weighted by atomic mass is 16.5. The number of ether oxygens (including phenoxy) is 1. The number of hydrogen-bond acceptors (Lipinski definition) is 4. The minimum Gasteiger partial charge on any atom is -0.372 e. The zero-order valence-corrected chi connectivity index (χ0v) is 14.1. The molecule has 3 heterocycles. The molecule has 6 heteroatoms. The Kier molecular flexibility index (Phi) is 4.19. The van der Waals surface area contributed by atoms with Crippen LogP contribution in [0.2, 0.25) is 0 Å². The maximum absolute atomic E-state index is 12.8. The first-order valence-electron chi connectivity index (χ1n) is 8.45. The molecule has 0 aliphatic carbocycles. The summed E-state index contributed by atoms with van der Waals surface area (Å²) in [5.74, 6) is -0.132. The molecule has 0 unspecified atom stereocenters. The first-order chi connectivity index (χ1) is 12.2. The van der Waals surface area contributed by atoms with Gasteiger partial charge in [-0.15, -0.1) is 0 Å². The van der Waals surface area contributed by atoms with Crippen LogP contribution >= 0.6 is 0 Å². The van der Waals surface area contributed by atoms with Crippen molar-refractivity contribution in [2.24, 2.45) is 7.05 Å². The number of hydrogen-bond donors (Lipinski definition) is 1. The van der Waals surface area contributed by atoms with Crippen LogP contribution in [0.1, 0.15) is 35.1 Å². The summed E-state index contributed by atoms with van der Waals surface area (Å²) in [6.45, 7) is 0.615. The minimum absolute atomic E-state index is 0.0490. The molecular formula is C19H20N4O2. The van der Waals surface area contributed by atoms with Crippen molar-refractivity contribution in [3.8, 4) is 0 Å². The van der Waals surface area contributed by atoms with E-state index in [0.717, 1.165) is 29.3 Å². The third-order valence-corrected chi connectivity index (χ3v) is 4.69. The van der Waals surface area contributed by atoms with Gasteiger partial charge in [0.15, 0.2) is 0 Å². The first kappa shape index (κ1) is 15.8. The summed E-state index contributed by atoms with van der Waals surface area (Å²) in [6.07, 6.45) is 6.75. The van der Waals surface area contributed by atoms with E-state index >= 15 is 0 Å². The van der Waals surface area contributed by atoms with Crippen LogP contribution in [-0.4, -0.2) is 33.1 Å². The fraction of sp³-hybridized carbons (Fsp3) is 0.316. The summed E-state index contributed by atoms with van der Waals surface area (Å²) in [6, 6.07) is 9.77. The molecule has 6 nitrogen and oxygen atoms in total. The van der Waals surface area contributed by atoms with Gasteiger partial charge in [0.25, 0.3) is 5.91 Å². The van der Waals surface area contributed by atoms with E-state index in [2.05, 4.69) is 15.3 Å². The van der Waals surface area contributed by atoms with Crippen molar-refractivity contribution < 1.29 is 9.53 Å². The topological polar surface area (TPSA) is 69.0 Å². The maximum atomic E-state index is 12.8. The standard InChI is InChI=1S/C19H20N4O2/c1-23-12-20-11-16(23)17-10-14(7-9-25-17)22-19(24)18-15-5-3-2-4-13(15)6-8-21-18/h2-6,8,11-12,14,17H,7,9-10H2,1H3,(H,22,24)/t14-,17+/m0/s1. The van der Waals surface area contributed by atoms with Gasteiger partial charge in [-0.05, 0) is 24.3 Å². The van der Waals surface area contributed by atoms with Gasteiger partial charge in [-0.25, -0.2) is 4.98 Å². The van der Waals surface area contributed by atoms with Crippen LogP contribution < -0.4 is 5.32 Å². The molecule has 1 N–H and O–H groups in total. The van der Waals surface area contributed by atoms with E-state index in [0.29, 0.717) is 12.3 Å². The molecule has 0 radical (unpaired) electrons. The fourth-order valence-electron chi connectivity index (χ4n) is 3.37. The van der Waals surface area contributed by atoms with E-state index in [1.165, 1.54) is 0 Å². The molecule has 1 aliphatic rings.